The normalized spacial score (nSPS) is 26.7. The van der Waals surface area contributed by atoms with Crippen LogP contribution in [0.1, 0.15) is 36.5 Å². The SMILES string of the molecule is COC(=O)[C@H]1[C@H](OC(c2ccc(F)cc2)c2ccc(F)cc2)C[C@@H]2CC[C@@H]1N2C. The molecule has 2 saturated heterocycles. The third-order valence-electron chi connectivity index (χ3n) is 6.34. The second kappa shape index (κ2) is 8.20. The average Bonchev–Trinajstić information content (AvgIpc) is 2.96. The van der Waals surface area contributed by atoms with E-state index >= 15 is 0 Å². The number of nitrogens with zero attached hydrogens (tertiary/aromatic N) is 1. The zero-order valence-electron chi connectivity index (χ0n) is 16.6. The van der Waals surface area contributed by atoms with Crippen LogP contribution < -0.4 is 0 Å². The number of carbonyl (C=O) groups is 1. The molecule has 2 aliphatic rings. The van der Waals surface area contributed by atoms with Crippen molar-refractivity contribution in [3.63, 3.8) is 0 Å². The van der Waals surface area contributed by atoms with E-state index in [1.807, 2.05) is 7.05 Å². The number of halogens is 2. The Labute approximate surface area is 169 Å². The molecular weight excluding hydrogens is 376 g/mol. The highest BCUT2D eigenvalue weighted by molar-refractivity contribution is 5.74. The smallest absolute Gasteiger partial charge is 0.312 e. The summed E-state index contributed by atoms with van der Waals surface area (Å²) in [4.78, 5) is 14.9. The summed E-state index contributed by atoms with van der Waals surface area (Å²) < 4.78 is 38.6. The van der Waals surface area contributed by atoms with Crippen LogP contribution >= 0.6 is 0 Å². The van der Waals surface area contributed by atoms with Gasteiger partial charge in [-0.1, -0.05) is 24.3 Å². The number of ether oxygens (including phenoxy) is 2. The molecule has 4 nitrogen and oxygen atoms in total. The minimum Gasteiger partial charge on any atom is -0.469 e. The molecule has 154 valence electrons. The number of methoxy groups -OCH3 is 1. The molecular formula is C23H25F2NO3. The van der Waals surface area contributed by atoms with E-state index in [9.17, 15) is 13.6 Å². The van der Waals surface area contributed by atoms with Crippen molar-refractivity contribution in [1.29, 1.82) is 0 Å². The number of rotatable bonds is 5. The van der Waals surface area contributed by atoms with Crippen LogP contribution in [0.3, 0.4) is 0 Å². The van der Waals surface area contributed by atoms with Crippen LogP contribution in [-0.4, -0.2) is 43.2 Å². The van der Waals surface area contributed by atoms with E-state index in [1.54, 1.807) is 24.3 Å². The van der Waals surface area contributed by atoms with E-state index in [-0.39, 0.29) is 29.7 Å². The van der Waals surface area contributed by atoms with Gasteiger partial charge in [0.15, 0.2) is 0 Å². The minimum atomic E-state index is -0.531. The Balaban J connectivity index is 1.68. The molecule has 2 aromatic rings. The molecule has 0 N–H and O–H groups in total. The van der Waals surface area contributed by atoms with Gasteiger partial charge in [0.2, 0.25) is 0 Å². The van der Waals surface area contributed by atoms with E-state index < -0.39 is 12.0 Å². The molecule has 0 radical (unpaired) electrons. The fourth-order valence-corrected chi connectivity index (χ4v) is 4.81. The summed E-state index contributed by atoms with van der Waals surface area (Å²) in [5.41, 5.74) is 1.51. The second-order valence-corrected chi connectivity index (χ2v) is 7.91. The maximum absolute atomic E-state index is 13.5. The maximum atomic E-state index is 13.5. The van der Waals surface area contributed by atoms with Crippen molar-refractivity contribution in [1.82, 2.24) is 4.90 Å². The van der Waals surface area contributed by atoms with Gasteiger partial charge in [0.1, 0.15) is 17.7 Å². The predicted molar refractivity (Wildman–Crippen MR) is 104 cm³/mol. The van der Waals surface area contributed by atoms with Crippen LogP contribution in [0.4, 0.5) is 8.78 Å². The van der Waals surface area contributed by atoms with Crippen LogP contribution in [0.25, 0.3) is 0 Å². The molecule has 0 aliphatic carbocycles. The molecule has 0 aromatic heterocycles. The summed E-state index contributed by atoms with van der Waals surface area (Å²) in [5, 5.41) is 0. The number of piperidine rings is 1. The molecule has 0 spiro atoms. The monoisotopic (exact) mass is 401 g/mol. The molecule has 2 heterocycles. The van der Waals surface area contributed by atoms with E-state index in [0.29, 0.717) is 12.5 Å². The van der Waals surface area contributed by atoms with Gasteiger partial charge in [-0.15, -0.1) is 0 Å². The number of fused-ring (bicyclic) bond motifs is 2. The second-order valence-electron chi connectivity index (χ2n) is 7.91. The van der Waals surface area contributed by atoms with Gasteiger partial charge in [-0.05, 0) is 61.7 Å². The van der Waals surface area contributed by atoms with Gasteiger partial charge in [0.05, 0.1) is 19.1 Å². The van der Waals surface area contributed by atoms with Crippen LogP contribution in [-0.2, 0) is 14.3 Å². The first-order valence-corrected chi connectivity index (χ1v) is 9.94. The predicted octanol–water partition coefficient (Wildman–Crippen LogP) is 4.10. The molecule has 2 aliphatic heterocycles. The van der Waals surface area contributed by atoms with Crippen molar-refractivity contribution in [3.8, 4) is 0 Å². The van der Waals surface area contributed by atoms with Crippen LogP contribution in [0.15, 0.2) is 48.5 Å². The molecule has 6 heteroatoms. The number of carbonyl (C=O) groups excluding carboxylic acids is 1. The number of hydrogen-bond acceptors (Lipinski definition) is 4. The quantitative estimate of drug-likeness (QED) is 0.708. The highest BCUT2D eigenvalue weighted by atomic mass is 19.1. The minimum absolute atomic E-state index is 0.0771. The van der Waals surface area contributed by atoms with Gasteiger partial charge < -0.3 is 9.47 Å². The lowest BCUT2D eigenvalue weighted by atomic mass is 9.87. The van der Waals surface area contributed by atoms with Gasteiger partial charge in [-0.2, -0.15) is 0 Å². The van der Waals surface area contributed by atoms with Gasteiger partial charge in [0, 0.05) is 12.1 Å². The molecule has 2 fully saturated rings. The fraction of sp³-hybridized carbons (Fsp3) is 0.435. The first kappa shape index (κ1) is 20.0. The highest BCUT2D eigenvalue weighted by Crippen LogP contribution is 2.42. The Morgan fingerprint density at radius 3 is 2.07 bits per heavy atom. The Bertz CT molecular complexity index is 810. The lowest BCUT2D eigenvalue weighted by Gasteiger charge is -2.42. The van der Waals surface area contributed by atoms with E-state index in [2.05, 4.69) is 4.90 Å². The summed E-state index contributed by atoms with van der Waals surface area (Å²) in [6, 6.07) is 12.6. The summed E-state index contributed by atoms with van der Waals surface area (Å²) in [7, 11) is 3.45. The Morgan fingerprint density at radius 1 is 1.00 bits per heavy atom. The first-order chi connectivity index (χ1) is 14.0. The third-order valence-corrected chi connectivity index (χ3v) is 6.34. The van der Waals surface area contributed by atoms with Gasteiger partial charge in [0.25, 0.3) is 0 Å². The van der Waals surface area contributed by atoms with E-state index in [1.165, 1.54) is 31.4 Å². The number of benzene rings is 2. The van der Waals surface area contributed by atoms with Gasteiger partial charge in [-0.25, -0.2) is 8.78 Å². The topological polar surface area (TPSA) is 38.8 Å². The average molecular weight is 401 g/mol. The molecule has 0 unspecified atom stereocenters. The Kier molecular flexibility index (Phi) is 5.65. The van der Waals surface area contributed by atoms with E-state index in [0.717, 1.165) is 24.0 Å². The van der Waals surface area contributed by atoms with Crippen molar-refractivity contribution in [3.05, 3.63) is 71.3 Å². The van der Waals surface area contributed by atoms with Crippen molar-refractivity contribution in [2.24, 2.45) is 5.92 Å². The molecule has 4 atom stereocenters. The van der Waals surface area contributed by atoms with Crippen molar-refractivity contribution < 1.29 is 23.0 Å². The van der Waals surface area contributed by atoms with Gasteiger partial charge >= 0.3 is 5.97 Å². The highest BCUT2D eigenvalue weighted by Gasteiger charge is 2.50. The van der Waals surface area contributed by atoms with Crippen LogP contribution in [0.2, 0.25) is 0 Å². The Morgan fingerprint density at radius 2 is 1.55 bits per heavy atom. The summed E-state index contributed by atoms with van der Waals surface area (Å²) in [5.74, 6) is -1.34. The molecule has 2 bridgehead atoms. The summed E-state index contributed by atoms with van der Waals surface area (Å²) >= 11 is 0. The molecule has 0 amide bonds. The molecule has 29 heavy (non-hydrogen) atoms. The molecule has 0 saturated carbocycles. The molecule has 4 rings (SSSR count). The van der Waals surface area contributed by atoms with Crippen LogP contribution in [0, 0.1) is 17.6 Å². The lowest BCUT2D eigenvalue weighted by Crippen LogP contribution is -2.53. The Hall–Kier alpha value is -2.31. The zero-order chi connectivity index (χ0) is 20.5. The third kappa shape index (κ3) is 3.91. The van der Waals surface area contributed by atoms with Crippen molar-refractivity contribution >= 4 is 5.97 Å². The first-order valence-electron chi connectivity index (χ1n) is 9.94. The zero-order valence-corrected chi connectivity index (χ0v) is 16.6. The van der Waals surface area contributed by atoms with Crippen molar-refractivity contribution in [2.75, 3.05) is 14.2 Å². The fourth-order valence-electron chi connectivity index (χ4n) is 4.81. The standard InChI is InChI=1S/C23H25F2NO3/c1-26-18-11-12-19(26)21(23(27)28-2)20(13-18)29-22(14-3-7-16(24)8-4-14)15-5-9-17(25)10-6-15/h3-10,18-22H,11-13H2,1-2H3/t18-,19-,20+,21+/m0/s1. The van der Waals surface area contributed by atoms with Crippen LogP contribution in [0.5, 0.6) is 0 Å². The largest absolute Gasteiger partial charge is 0.469 e. The number of hydrogen-bond donors (Lipinski definition) is 0. The van der Waals surface area contributed by atoms with E-state index in [4.69, 9.17) is 9.47 Å². The summed E-state index contributed by atoms with van der Waals surface area (Å²) in [6.07, 6.45) is 1.80. The lowest BCUT2D eigenvalue weighted by molar-refractivity contribution is -0.162. The maximum Gasteiger partial charge on any atom is 0.312 e. The summed E-state index contributed by atoms with van der Waals surface area (Å²) in [6.45, 7) is 0. The van der Waals surface area contributed by atoms with Crippen molar-refractivity contribution in [2.45, 2.75) is 43.6 Å². The van der Waals surface area contributed by atoms with Gasteiger partial charge in [-0.3, -0.25) is 9.69 Å². The molecule has 2 aromatic carbocycles. The number of esters is 1.